The van der Waals surface area contributed by atoms with Crippen molar-refractivity contribution in [3.05, 3.63) is 40.3 Å². The number of aryl methyl sites for hydroxylation is 2. The summed E-state index contributed by atoms with van der Waals surface area (Å²) in [5.41, 5.74) is -3.79. The Hall–Kier alpha value is -3.06. The third kappa shape index (κ3) is 4.05. The topological polar surface area (TPSA) is 46.8 Å². The van der Waals surface area contributed by atoms with Crippen LogP contribution in [0.5, 0.6) is 0 Å². The van der Waals surface area contributed by atoms with E-state index in [2.05, 4.69) is 15.1 Å². The number of fused-ring (bicyclic) bond motifs is 1. The maximum absolute atomic E-state index is 13.6. The number of halogens is 9. The van der Waals surface area contributed by atoms with Gasteiger partial charge in [0, 0.05) is 14.1 Å². The first-order chi connectivity index (χ1) is 14.4. The van der Waals surface area contributed by atoms with Gasteiger partial charge in [-0.15, -0.1) is 5.10 Å². The lowest BCUT2D eigenvalue weighted by atomic mass is 10.0. The Bertz CT molecular complexity index is 1160. The second-order valence-electron chi connectivity index (χ2n) is 7.18. The van der Waals surface area contributed by atoms with Gasteiger partial charge in [0.25, 0.3) is 0 Å². The molecule has 2 aromatic heterocycles. The van der Waals surface area contributed by atoms with E-state index in [1.54, 1.807) is 0 Å². The highest BCUT2D eigenvalue weighted by Crippen LogP contribution is 2.41. The zero-order valence-electron chi connectivity index (χ0n) is 16.8. The molecule has 32 heavy (non-hydrogen) atoms. The minimum absolute atomic E-state index is 0.00852. The first-order valence-electron chi connectivity index (χ1n) is 8.74. The summed E-state index contributed by atoms with van der Waals surface area (Å²) in [5, 5.41) is 3.00. The Morgan fingerprint density at radius 1 is 0.781 bits per heavy atom. The molecule has 0 unspecified atom stereocenters. The fourth-order valence-corrected chi connectivity index (χ4v) is 3.33. The molecule has 0 spiro atoms. The van der Waals surface area contributed by atoms with Gasteiger partial charge in [0.2, 0.25) is 5.82 Å². The molecule has 0 amide bonds. The zero-order chi connectivity index (χ0) is 24.4. The molecule has 0 bridgehead atoms. The summed E-state index contributed by atoms with van der Waals surface area (Å²) >= 11 is 0. The van der Waals surface area contributed by atoms with E-state index in [0.717, 1.165) is 21.7 Å². The largest absolute Gasteiger partial charge is 0.451 e. The molecule has 1 aromatic carbocycles. The summed E-state index contributed by atoms with van der Waals surface area (Å²) in [5.74, 6) is -2.37. The lowest BCUT2D eigenvalue weighted by Crippen LogP contribution is -2.19. The number of alkyl halides is 9. The van der Waals surface area contributed by atoms with Crippen LogP contribution in [0.1, 0.15) is 28.2 Å². The van der Waals surface area contributed by atoms with E-state index in [-0.39, 0.29) is 22.6 Å². The Morgan fingerprint density at radius 2 is 1.31 bits per heavy atom. The molecule has 0 saturated carbocycles. The summed E-state index contributed by atoms with van der Waals surface area (Å²) < 4.78 is 120. The summed E-state index contributed by atoms with van der Waals surface area (Å²) in [6.45, 7) is 2.56. The molecule has 0 radical (unpaired) electrons. The molecule has 3 rings (SSSR count). The predicted molar refractivity (Wildman–Crippen MR) is 95.5 cm³/mol. The normalized spacial score (nSPS) is 13.2. The van der Waals surface area contributed by atoms with Crippen LogP contribution in [-0.2, 0) is 18.5 Å². The molecule has 0 aliphatic carbocycles. The Kier molecular flexibility index (Phi) is 5.34. The van der Waals surface area contributed by atoms with E-state index >= 15 is 0 Å². The van der Waals surface area contributed by atoms with E-state index in [1.165, 1.54) is 27.9 Å². The van der Waals surface area contributed by atoms with Crippen LogP contribution in [0, 0.1) is 13.8 Å². The number of hydrogen-bond donors (Lipinski definition) is 0. The highest BCUT2D eigenvalue weighted by Gasteiger charge is 2.43. The number of rotatable bonds is 2. The third-order valence-electron chi connectivity index (χ3n) is 4.48. The number of benzene rings is 1. The van der Waals surface area contributed by atoms with Crippen LogP contribution in [0.25, 0.3) is 16.7 Å². The van der Waals surface area contributed by atoms with Gasteiger partial charge in [-0.2, -0.15) is 39.5 Å². The highest BCUT2D eigenvalue weighted by molar-refractivity contribution is 5.92. The molecule has 14 heteroatoms. The molecule has 0 N–H and O–H groups in total. The lowest BCUT2D eigenvalue weighted by molar-refractivity contribution is -0.151. The Morgan fingerprint density at radius 3 is 1.72 bits per heavy atom. The van der Waals surface area contributed by atoms with Crippen LogP contribution in [0.3, 0.4) is 0 Å². The summed E-state index contributed by atoms with van der Waals surface area (Å²) in [6.07, 6.45) is -15.2. The molecule has 5 nitrogen and oxygen atoms in total. The van der Waals surface area contributed by atoms with Crippen molar-refractivity contribution in [2.24, 2.45) is 0 Å². The highest BCUT2D eigenvalue weighted by atomic mass is 19.4. The molecular formula is C18H14F9N5. The van der Waals surface area contributed by atoms with Gasteiger partial charge in [0.05, 0.1) is 16.6 Å². The monoisotopic (exact) mass is 471 g/mol. The number of hydrogen-bond acceptors (Lipinski definition) is 4. The Labute approximate surface area is 174 Å². The van der Waals surface area contributed by atoms with Gasteiger partial charge >= 0.3 is 18.5 Å². The second-order valence-corrected chi connectivity index (χ2v) is 7.18. The quantitative estimate of drug-likeness (QED) is 0.460. The van der Waals surface area contributed by atoms with Crippen LogP contribution in [-0.4, -0.2) is 33.8 Å². The van der Waals surface area contributed by atoms with Crippen LogP contribution in [0.15, 0.2) is 12.1 Å². The second kappa shape index (κ2) is 7.24. The van der Waals surface area contributed by atoms with Crippen LogP contribution in [0.2, 0.25) is 0 Å². The average molecular weight is 471 g/mol. The van der Waals surface area contributed by atoms with Gasteiger partial charge in [-0.3, -0.25) is 0 Å². The fraction of sp³-hybridized carbons (Fsp3) is 0.389. The van der Waals surface area contributed by atoms with E-state index in [0.29, 0.717) is 0 Å². The van der Waals surface area contributed by atoms with Crippen molar-refractivity contribution in [2.45, 2.75) is 32.4 Å². The molecule has 0 atom stereocenters. The summed E-state index contributed by atoms with van der Waals surface area (Å²) in [4.78, 5) is 6.98. The first kappa shape index (κ1) is 23.6. The smallest absolute Gasteiger partial charge is 0.362 e. The SMILES string of the molecule is Cc1cc(C(F)(F)F)cc(C)c1-n1nc2nc(C(F)(F)F)nc(C(F)(F)F)c2c1N(C)C. The molecule has 174 valence electrons. The van der Waals surface area contributed by atoms with Gasteiger partial charge < -0.3 is 4.90 Å². The van der Waals surface area contributed by atoms with Crippen molar-refractivity contribution in [1.82, 2.24) is 19.7 Å². The molecule has 2 heterocycles. The molecular weight excluding hydrogens is 457 g/mol. The van der Waals surface area contributed by atoms with E-state index < -0.39 is 46.6 Å². The van der Waals surface area contributed by atoms with Crippen molar-refractivity contribution in [1.29, 1.82) is 0 Å². The fourth-order valence-electron chi connectivity index (χ4n) is 3.33. The number of anilines is 1. The number of aromatic nitrogens is 4. The van der Waals surface area contributed by atoms with E-state index in [9.17, 15) is 39.5 Å². The predicted octanol–water partition coefficient (Wildman–Crippen LogP) is 5.55. The maximum Gasteiger partial charge on any atom is 0.451 e. The molecule has 0 saturated heterocycles. The van der Waals surface area contributed by atoms with E-state index in [4.69, 9.17) is 0 Å². The third-order valence-corrected chi connectivity index (χ3v) is 4.48. The van der Waals surface area contributed by atoms with Crippen LogP contribution in [0.4, 0.5) is 45.3 Å². The average Bonchev–Trinajstić information content (AvgIpc) is 2.96. The number of nitrogens with zero attached hydrogens (tertiary/aromatic N) is 5. The lowest BCUT2D eigenvalue weighted by Gasteiger charge is -2.20. The Balaban J connectivity index is 2.46. The van der Waals surface area contributed by atoms with Gasteiger partial charge in [-0.25, -0.2) is 14.6 Å². The minimum Gasteiger partial charge on any atom is -0.362 e. The minimum atomic E-state index is -5.29. The first-order valence-corrected chi connectivity index (χ1v) is 8.74. The molecule has 0 aliphatic heterocycles. The maximum atomic E-state index is 13.6. The van der Waals surface area contributed by atoms with Crippen LogP contribution < -0.4 is 4.90 Å². The van der Waals surface area contributed by atoms with Crippen LogP contribution >= 0.6 is 0 Å². The summed E-state index contributed by atoms with van der Waals surface area (Å²) in [6, 6.07) is 1.54. The van der Waals surface area contributed by atoms with Gasteiger partial charge in [0.1, 0.15) is 5.82 Å². The molecule has 0 fully saturated rings. The van der Waals surface area contributed by atoms with Crippen molar-refractivity contribution >= 4 is 16.9 Å². The molecule has 0 aliphatic rings. The zero-order valence-corrected chi connectivity index (χ0v) is 16.8. The molecule has 3 aromatic rings. The summed E-state index contributed by atoms with van der Waals surface area (Å²) in [7, 11) is 2.61. The van der Waals surface area contributed by atoms with Gasteiger partial charge in [-0.1, -0.05) is 0 Å². The van der Waals surface area contributed by atoms with Gasteiger partial charge in [0.15, 0.2) is 11.3 Å². The van der Waals surface area contributed by atoms with Crippen molar-refractivity contribution in [2.75, 3.05) is 19.0 Å². The van der Waals surface area contributed by atoms with Gasteiger partial charge in [-0.05, 0) is 37.1 Å². The van der Waals surface area contributed by atoms with Crippen molar-refractivity contribution in [3.63, 3.8) is 0 Å². The standard InChI is InChI=1S/C18H14F9N5/c1-7-5-9(16(19,20)21)6-8(2)11(7)32-14(31(3)4)10-12(17(22,23)24)28-15(18(25,26)27)29-13(10)30-32/h5-6H,1-4H3. The van der Waals surface area contributed by atoms with Crippen molar-refractivity contribution in [3.8, 4) is 5.69 Å². The van der Waals surface area contributed by atoms with Crippen molar-refractivity contribution < 1.29 is 39.5 Å². The van der Waals surface area contributed by atoms with E-state index in [1.807, 2.05) is 0 Å².